The van der Waals surface area contributed by atoms with Gasteiger partial charge in [0.2, 0.25) is 0 Å². The van der Waals surface area contributed by atoms with Crippen molar-refractivity contribution in [1.82, 2.24) is 4.90 Å². The number of aliphatic hydroxyl groups is 2. The van der Waals surface area contributed by atoms with Crippen LogP contribution >= 0.6 is 0 Å². The van der Waals surface area contributed by atoms with Crippen LogP contribution in [-0.4, -0.2) is 47.0 Å². The molecule has 13 heavy (non-hydrogen) atoms. The summed E-state index contributed by atoms with van der Waals surface area (Å²) in [6.07, 6.45) is 4.74. The molecule has 0 heterocycles. The molecule has 1 atom stereocenters. The Bertz CT molecular complexity index is 166. The largest absolute Gasteiger partial charge is 0.394 e. The normalized spacial score (nSPS) is 25.2. The van der Waals surface area contributed by atoms with Gasteiger partial charge in [0.1, 0.15) is 0 Å². The highest BCUT2D eigenvalue weighted by Gasteiger charge is 2.34. The highest BCUT2D eigenvalue weighted by atomic mass is 16.3. The summed E-state index contributed by atoms with van der Waals surface area (Å²) in [5.41, 5.74) is 0. The van der Waals surface area contributed by atoms with Gasteiger partial charge in [0.25, 0.3) is 0 Å². The third-order valence-corrected chi connectivity index (χ3v) is 2.91. The van der Waals surface area contributed by atoms with E-state index in [1.807, 2.05) is 0 Å². The summed E-state index contributed by atoms with van der Waals surface area (Å²) in [7, 11) is 0. The molecule has 0 aromatic rings. The van der Waals surface area contributed by atoms with Crippen molar-refractivity contribution >= 4 is 0 Å². The maximum Gasteiger partial charge on any atom is 0.0897 e. The van der Waals surface area contributed by atoms with Gasteiger partial charge in [-0.25, -0.2) is 0 Å². The van der Waals surface area contributed by atoms with E-state index < -0.39 is 6.10 Å². The lowest BCUT2D eigenvalue weighted by atomic mass is 10.3. The highest BCUT2D eigenvalue weighted by molar-refractivity contribution is 4.89. The van der Waals surface area contributed by atoms with E-state index in [1.54, 1.807) is 0 Å². The van der Waals surface area contributed by atoms with Crippen molar-refractivity contribution in [2.45, 2.75) is 37.8 Å². The Labute approximate surface area is 79.4 Å². The van der Waals surface area contributed by atoms with E-state index in [4.69, 9.17) is 5.11 Å². The molecule has 2 aliphatic rings. The molecule has 76 valence electrons. The summed E-state index contributed by atoms with van der Waals surface area (Å²) in [5.74, 6) is 0.881. The average Bonchev–Trinajstić information content (AvgIpc) is 2.96. The first-order chi connectivity index (χ1) is 6.29. The van der Waals surface area contributed by atoms with E-state index in [0.717, 1.165) is 12.5 Å². The summed E-state index contributed by atoms with van der Waals surface area (Å²) in [6, 6.07) is 0.710. The van der Waals surface area contributed by atoms with Gasteiger partial charge in [-0.05, 0) is 31.6 Å². The van der Waals surface area contributed by atoms with Crippen molar-refractivity contribution < 1.29 is 10.2 Å². The Morgan fingerprint density at radius 2 is 1.92 bits per heavy atom. The van der Waals surface area contributed by atoms with Crippen LogP contribution in [-0.2, 0) is 0 Å². The average molecular weight is 185 g/mol. The molecule has 2 rings (SSSR count). The number of hydrogen-bond donors (Lipinski definition) is 2. The van der Waals surface area contributed by atoms with Crippen LogP contribution in [0, 0.1) is 5.92 Å². The number of rotatable bonds is 6. The van der Waals surface area contributed by atoms with Gasteiger partial charge in [-0.3, -0.25) is 4.90 Å². The van der Waals surface area contributed by atoms with Crippen LogP contribution in [0.3, 0.4) is 0 Å². The standard InChI is InChI=1S/C10H19NO2/c12-7-10(13)6-11(9-3-4-9)5-8-1-2-8/h8-10,12-13H,1-7H2. The molecule has 0 aromatic heterocycles. The van der Waals surface area contributed by atoms with Crippen molar-refractivity contribution in [3.63, 3.8) is 0 Å². The van der Waals surface area contributed by atoms with Crippen LogP contribution in [0.15, 0.2) is 0 Å². The molecular weight excluding hydrogens is 166 g/mol. The Morgan fingerprint density at radius 3 is 2.38 bits per heavy atom. The zero-order chi connectivity index (χ0) is 9.26. The highest BCUT2D eigenvalue weighted by Crippen LogP contribution is 2.34. The molecule has 2 N–H and O–H groups in total. The van der Waals surface area contributed by atoms with Crippen molar-refractivity contribution in [2.24, 2.45) is 5.92 Å². The molecule has 0 aromatic carbocycles. The maximum atomic E-state index is 9.35. The van der Waals surface area contributed by atoms with E-state index in [9.17, 15) is 5.11 Å². The summed E-state index contributed by atoms with van der Waals surface area (Å²) in [5, 5.41) is 18.1. The minimum atomic E-state index is -0.542. The molecule has 3 heteroatoms. The van der Waals surface area contributed by atoms with E-state index in [-0.39, 0.29) is 6.61 Å². The van der Waals surface area contributed by atoms with Crippen molar-refractivity contribution in [2.75, 3.05) is 19.7 Å². The predicted octanol–water partition coefficient (Wildman–Crippen LogP) is 0.214. The third kappa shape index (κ3) is 2.93. The fourth-order valence-electron chi connectivity index (χ4n) is 1.77. The van der Waals surface area contributed by atoms with Gasteiger partial charge in [-0.1, -0.05) is 0 Å². The SMILES string of the molecule is OCC(O)CN(CC1CC1)C1CC1. The lowest BCUT2D eigenvalue weighted by molar-refractivity contribution is 0.0550. The minimum absolute atomic E-state index is 0.103. The second kappa shape index (κ2) is 3.95. The first kappa shape index (κ1) is 9.44. The van der Waals surface area contributed by atoms with Crippen LogP contribution in [0.2, 0.25) is 0 Å². The summed E-state index contributed by atoms with van der Waals surface area (Å²) in [4.78, 5) is 2.36. The Morgan fingerprint density at radius 1 is 1.23 bits per heavy atom. The molecule has 3 nitrogen and oxygen atoms in total. The second-order valence-electron chi connectivity index (χ2n) is 4.46. The van der Waals surface area contributed by atoms with Crippen LogP contribution < -0.4 is 0 Å². The second-order valence-corrected chi connectivity index (χ2v) is 4.46. The molecule has 0 saturated heterocycles. The van der Waals surface area contributed by atoms with Gasteiger partial charge < -0.3 is 10.2 Å². The van der Waals surface area contributed by atoms with Crippen LogP contribution in [0.5, 0.6) is 0 Å². The molecule has 2 aliphatic carbocycles. The predicted molar refractivity (Wildman–Crippen MR) is 50.4 cm³/mol. The molecule has 2 saturated carbocycles. The van der Waals surface area contributed by atoms with Gasteiger partial charge in [-0.2, -0.15) is 0 Å². The number of aliphatic hydroxyl groups excluding tert-OH is 2. The summed E-state index contributed by atoms with van der Waals surface area (Å²) >= 11 is 0. The third-order valence-electron chi connectivity index (χ3n) is 2.91. The zero-order valence-electron chi connectivity index (χ0n) is 8.02. The van der Waals surface area contributed by atoms with Crippen LogP contribution in [0.4, 0.5) is 0 Å². The van der Waals surface area contributed by atoms with Gasteiger partial charge >= 0.3 is 0 Å². The maximum absolute atomic E-state index is 9.35. The van der Waals surface area contributed by atoms with Gasteiger partial charge in [0, 0.05) is 19.1 Å². The van der Waals surface area contributed by atoms with Crippen molar-refractivity contribution in [1.29, 1.82) is 0 Å². The molecule has 2 fully saturated rings. The fourth-order valence-corrected chi connectivity index (χ4v) is 1.77. The van der Waals surface area contributed by atoms with Crippen molar-refractivity contribution in [3.8, 4) is 0 Å². The molecule has 0 bridgehead atoms. The minimum Gasteiger partial charge on any atom is -0.394 e. The lowest BCUT2D eigenvalue weighted by Gasteiger charge is -2.23. The Hall–Kier alpha value is -0.120. The molecular formula is C10H19NO2. The van der Waals surface area contributed by atoms with Gasteiger partial charge in [0.05, 0.1) is 12.7 Å². The molecule has 0 spiro atoms. The van der Waals surface area contributed by atoms with Crippen LogP contribution in [0.25, 0.3) is 0 Å². The first-order valence-corrected chi connectivity index (χ1v) is 5.32. The lowest BCUT2D eigenvalue weighted by Crippen LogP contribution is -2.37. The number of hydrogen-bond acceptors (Lipinski definition) is 3. The summed E-state index contributed by atoms with van der Waals surface area (Å²) < 4.78 is 0. The first-order valence-electron chi connectivity index (χ1n) is 5.32. The molecule has 0 aliphatic heterocycles. The zero-order valence-corrected chi connectivity index (χ0v) is 8.02. The fraction of sp³-hybridized carbons (Fsp3) is 1.00. The van der Waals surface area contributed by atoms with Gasteiger partial charge in [-0.15, -0.1) is 0 Å². The number of nitrogens with zero attached hydrogens (tertiary/aromatic N) is 1. The topological polar surface area (TPSA) is 43.7 Å². The van der Waals surface area contributed by atoms with E-state index in [2.05, 4.69) is 4.90 Å². The summed E-state index contributed by atoms with van der Waals surface area (Å²) in [6.45, 7) is 1.70. The van der Waals surface area contributed by atoms with E-state index in [1.165, 1.54) is 25.7 Å². The molecule has 1 unspecified atom stereocenters. The van der Waals surface area contributed by atoms with Crippen LogP contribution in [0.1, 0.15) is 25.7 Å². The van der Waals surface area contributed by atoms with Gasteiger partial charge in [0.15, 0.2) is 0 Å². The Kier molecular flexibility index (Phi) is 2.86. The quantitative estimate of drug-likeness (QED) is 0.622. The molecule has 0 radical (unpaired) electrons. The van der Waals surface area contributed by atoms with E-state index >= 15 is 0 Å². The molecule has 0 amide bonds. The van der Waals surface area contributed by atoms with Crippen molar-refractivity contribution in [3.05, 3.63) is 0 Å². The smallest absolute Gasteiger partial charge is 0.0897 e. The Balaban J connectivity index is 1.74. The monoisotopic (exact) mass is 185 g/mol. The van der Waals surface area contributed by atoms with E-state index in [0.29, 0.717) is 12.6 Å².